The van der Waals surface area contributed by atoms with Gasteiger partial charge in [0.1, 0.15) is 13.1 Å². The first-order valence-corrected chi connectivity index (χ1v) is 8.18. The van der Waals surface area contributed by atoms with Gasteiger partial charge in [-0.1, -0.05) is 58.3 Å². The predicted octanol–water partition coefficient (Wildman–Crippen LogP) is 2.91. The van der Waals surface area contributed by atoms with Gasteiger partial charge in [0.25, 0.3) is 0 Å². The first-order valence-electron chi connectivity index (χ1n) is 8.18. The first-order chi connectivity index (χ1) is 10.5. The molecule has 0 fully saturated rings. The summed E-state index contributed by atoms with van der Waals surface area (Å²) in [7, 11) is 0. The van der Waals surface area contributed by atoms with E-state index < -0.39 is 30.9 Å². The summed E-state index contributed by atoms with van der Waals surface area (Å²) in [4.78, 5) is 34.0. The average Bonchev–Trinajstić information content (AvgIpc) is 2.43. The van der Waals surface area contributed by atoms with Crippen LogP contribution in [0.3, 0.4) is 0 Å². The van der Waals surface area contributed by atoms with E-state index in [-0.39, 0.29) is 6.42 Å². The van der Waals surface area contributed by atoms with E-state index in [9.17, 15) is 14.4 Å². The molecule has 0 aliphatic rings. The maximum absolute atomic E-state index is 11.8. The highest BCUT2D eigenvalue weighted by atomic mass is 16.4. The molecule has 0 aliphatic carbocycles. The summed E-state index contributed by atoms with van der Waals surface area (Å²) in [6.45, 7) is 1.08. The van der Waals surface area contributed by atoms with Gasteiger partial charge >= 0.3 is 11.9 Å². The Kier molecular flexibility index (Phi) is 12.2. The Balaban J connectivity index is 3.75. The van der Waals surface area contributed by atoms with E-state index in [0.717, 1.165) is 24.2 Å². The summed E-state index contributed by atoms with van der Waals surface area (Å²) in [5.41, 5.74) is 0. The third kappa shape index (κ3) is 12.2. The normalized spacial score (nSPS) is 10.4. The SMILES string of the molecule is CCCCCCCCCCCC(=O)N(CC(=O)O)CC(=O)O. The van der Waals surface area contributed by atoms with Crippen LogP contribution in [0.1, 0.15) is 71.1 Å². The fraction of sp³-hybridized carbons (Fsp3) is 0.812. The quantitative estimate of drug-likeness (QED) is 0.481. The second-order valence-electron chi connectivity index (χ2n) is 5.62. The second-order valence-corrected chi connectivity index (χ2v) is 5.62. The molecule has 0 aliphatic heterocycles. The third-order valence-corrected chi connectivity index (χ3v) is 3.50. The number of carbonyl (C=O) groups excluding carboxylic acids is 1. The van der Waals surface area contributed by atoms with E-state index in [4.69, 9.17) is 10.2 Å². The van der Waals surface area contributed by atoms with E-state index in [1.54, 1.807) is 0 Å². The zero-order chi connectivity index (χ0) is 16.8. The fourth-order valence-electron chi connectivity index (χ4n) is 2.30. The van der Waals surface area contributed by atoms with E-state index in [0.29, 0.717) is 6.42 Å². The molecular formula is C16H29NO5. The van der Waals surface area contributed by atoms with Crippen molar-refractivity contribution < 1.29 is 24.6 Å². The number of unbranched alkanes of at least 4 members (excludes halogenated alkanes) is 8. The summed E-state index contributed by atoms with van der Waals surface area (Å²) in [5, 5.41) is 17.4. The largest absolute Gasteiger partial charge is 0.480 e. The Hall–Kier alpha value is -1.59. The predicted molar refractivity (Wildman–Crippen MR) is 83.7 cm³/mol. The lowest BCUT2D eigenvalue weighted by Gasteiger charge is -2.18. The van der Waals surface area contributed by atoms with Gasteiger partial charge in [0, 0.05) is 6.42 Å². The summed E-state index contributed by atoms with van der Waals surface area (Å²) in [6.07, 6.45) is 10.4. The minimum Gasteiger partial charge on any atom is -0.480 e. The molecule has 128 valence electrons. The van der Waals surface area contributed by atoms with Gasteiger partial charge in [0.15, 0.2) is 0 Å². The van der Waals surface area contributed by atoms with Gasteiger partial charge in [0.2, 0.25) is 5.91 Å². The molecule has 0 rings (SSSR count). The van der Waals surface area contributed by atoms with E-state index in [1.165, 1.54) is 32.1 Å². The fourth-order valence-corrected chi connectivity index (χ4v) is 2.30. The van der Waals surface area contributed by atoms with Gasteiger partial charge in [-0.2, -0.15) is 0 Å². The maximum atomic E-state index is 11.8. The number of hydrogen-bond donors (Lipinski definition) is 2. The van der Waals surface area contributed by atoms with Crippen molar-refractivity contribution in [1.29, 1.82) is 0 Å². The highest BCUT2D eigenvalue weighted by Gasteiger charge is 2.18. The third-order valence-electron chi connectivity index (χ3n) is 3.50. The van der Waals surface area contributed by atoms with Crippen molar-refractivity contribution in [3.05, 3.63) is 0 Å². The number of carboxylic acids is 2. The minimum absolute atomic E-state index is 0.219. The van der Waals surface area contributed by atoms with E-state index in [1.807, 2.05) is 0 Å². The molecule has 0 bridgehead atoms. The van der Waals surface area contributed by atoms with E-state index >= 15 is 0 Å². The molecule has 0 aromatic heterocycles. The van der Waals surface area contributed by atoms with Crippen molar-refractivity contribution in [2.75, 3.05) is 13.1 Å². The second kappa shape index (κ2) is 13.1. The van der Waals surface area contributed by atoms with Crippen LogP contribution >= 0.6 is 0 Å². The number of aliphatic carboxylic acids is 2. The van der Waals surface area contributed by atoms with Crippen LogP contribution < -0.4 is 0 Å². The number of hydrogen-bond acceptors (Lipinski definition) is 3. The van der Waals surface area contributed by atoms with Crippen LogP contribution in [-0.4, -0.2) is 46.0 Å². The highest BCUT2D eigenvalue weighted by molar-refractivity contribution is 5.85. The van der Waals surface area contributed by atoms with Crippen LogP contribution in [0, 0.1) is 0 Å². The lowest BCUT2D eigenvalue weighted by molar-refractivity contribution is -0.149. The van der Waals surface area contributed by atoms with Crippen LogP contribution in [0.5, 0.6) is 0 Å². The zero-order valence-corrected chi connectivity index (χ0v) is 13.6. The molecule has 6 heteroatoms. The van der Waals surface area contributed by atoms with Crippen molar-refractivity contribution in [2.24, 2.45) is 0 Å². The smallest absolute Gasteiger partial charge is 0.323 e. The van der Waals surface area contributed by atoms with Crippen LogP contribution in [0.15, 0.2) is 0 Å². The number of rotatable bonds is 14. The topological polar surface area (TPSA) is 94.9 Å². The van der Waals surface area contributed by atoms with Crippen molar-refractivity contribution in [2.45, 2.75) is 71.1 Å². The monoisotopic (exact) mass is 315 g/mol. The van der Waals surface area contributed by atoms with Crippen LogP contribution in [0.4, 0.5) is 0 Å². The van der Waals surface area contributed by atoms with Crippen LogP contribution in [0.2, 0.25) is 0 Å². The summed E-state index contributed by atoms with van der Waals surface area (Å²) in [5.74, 6) is -2.78. The molecule has 0 atom stereocenters. The molecule has 0 spiro atoms. The Morgan fingerprint density at radius 3 is 1.55 bits per heavy atom. The average molecular weight is 315 g/mol. The molecule has 1 amide bonds. The highest BCUT2D eigenvalue weighted by Crippen LogP contribution is 2.11. The first kappa shape index (κ1) is 20.4. The van der Waals surface area contributed by atoms with Gasteiger partial charge < -0.3 is 15.1 Å². The minimum atomic E-state index is -1.19. The Morgan fingerprint density at radius 2 is 1.14 bits per heavy atom. The molecule has 0 aromatic carbocycles. The van der Waals surface area contributed by atoms with Crippen LogP contribution in [-0.2, 0) is 14.4 Å². The van der Waals surface area contributed by atoms with Crippen molar-refractivity contribution >= 4 is 17.8 Å². The van der Waals surface area contributed by atoms with Gasteiger partial charge in [-0.05, 0) is 6.42 Å². The Morgan fingerprint density at radius 1 is 0.727 bits per heavy atom. The molecule has 0 saturated carbocycles. The van der Waals surface area contributed by atoms with Gasteiger partial charge in [-0.15, -0.1) is 0 Å². The molecule has 2 N–H and O–H groups in total. The van der Waals surface area contributed by atoms with Crippen molar-refractivity contribution in [3.8, 4) is 0 Å². The van der Waals surface area contributed by atoms with Crippen molar-refractivity contribution in [3.63, 3.8) is 0 Å². The summed E-state index contributed by atoms with van der Waals surface area (Å²) >= 11 is 0. The maximum Gasteiger partial charge on any atom is 0.323 e. The Bertz CT molecular complexity index is 327. The molecule has 0 unspecified atom stereocenters. The standard InChI is InChI=1S/C16H29NO5/c1-2-3-4-5-6-7-8-9-10-11-14(18)17(12-15(19)20)13-16(21)22/h2-13H2,1H3,(H,19,20)(H,21,22). The lowest BCUT2D eigenvalue weighted by atomic mass is 10.1. The molecule has 0 heterocycles. The summed E-state index contributed by atoms with van der Waals surface area (Å²) < 4.78 is 0. The van der Waals surface area contributed by atoms with Gasteiger partial charge in [0.05, 0.1) is 0 Å². The molecule has 6 nitrogen and oxygen atoms in total. The lowest BCUT2D eigenvalue weighted by Crippen LogP contribution is -2.39. The number of carbonyl (C=O) groups is 3. The molecule has 0 saturated heterocycles. The zero-order valence-electron chi connectivity index (χ0n) is 13.6. The van der Waals surface area contributed by atoms with Crippen molar-refractivity contribution in [1.82, 2.24) is 4.90 Å². The summed E-state index contributed by atoms with van der Waals surface area (Å²) in [6, 6.07) is 0. The molecule has 0 aromatic rings. The number of carboxylic acid groups (broad SMARTS) is 2. The molecule has 22 heavy (non-hydrogen) atoms. The number of nitrogens with zero attached hydrogens (tertiary/aromatic N) is 1. The van der Waals surface area contributed by atoms with Crippen LogP contribution in [0.25, 0.3) is 0 Å². The van der Waals surface area contributed by atoms with E-state index in [2.05, 4.69) is 6.92 Å². The van der Waals surface area contributed by atoms with Gasteiger partial charge in [-0.25, -0.2) is 0 Å². The number of amides is 1. The van der Waals surface area contributed by atoms with Gasteiger partial charge in [-0.3, -0.25) is 14.4 Å². The molecular weight excluding hydrogens is 286 g/mol. The molecule has 0 radical (unpaired) electrons. The Labute approximate surface area is 132 Å².